The Kier molecular flexibility index (Phi) is 4.04. The summed E-state index contributed by atoms with van der Waals surface area (Å²) in [6.07, 6.45) is 8.17. The van der Waals surface area contributed by atoms with Gasteiger partial charge in [-0.3, -0.25) is 0 Å². The lowest BCUT2D eigenvalue weighted by Gasteiger charge is -2.36. The quantitative estimate of drug-likeness (QED) is 0.757. The average Bonchev–Trinajstić information content (AvgIpc) is 2.25. The number of piperidine rings is 1. The van der Waals surface area contributed by atoms with E-state index in [1.807, 2.05) is 0 Å². The van der Waals surface area contributed by atoms with Crippen LogP contribution in [0.5, 0.6) is 0 Å². The lowest BCUT2D eigenvalue weighted by Crippen LogP contribution is -2.43. The summed E-state index contributed by atoms with van der Waals surface area (Å²) < 4.78 is 0. The van der Waals surface area contributed by atoms with Gasteiger partial charge >= 0.3 is 0 Å². The molecule has 0 bridgehead atoms. The van der Waals surface area contributed by atoms with E-state index in [1.54, 1.807) is 0 Å². The van der Waals surface area contributed by atoms with Gasteiger partial charge in [-0.05, 0) is 50.6 Å². The highest BCUT2D eigenvalue weighted by Crippen LogP contribution is 2.25. The SMILES string of the molecule is CC1CCN(CC2CCCC[C@H]2N)CC1. The van der Waals surface area contributed by atoms with Crippen LogP contribution < -0.4 is 5.73 Å². The summed E-state index contributed by atoms with van der Waals surface area (Å²) in [6.45, 7) is 6.27. The predicted molar refractivity (Wildman–Crippen MR) is 64.8 cm³/mol. The molecule has 2 nitrogen and oxygen atoms in total. The summed E-state index contributed by atoms with van der Waals surface area (Å²) in [5, 5.41) is 0. The van der Waals surface area contributed by atoms with Gasteiger partial charge in [0.05, 0.1) is 0 Å². The molecule has 0 spiro atoms. The molecule has 2 fully saturated rings. The van der Waals surface area contributed by atoms with Gasteiger partial charge in [0.1, 0.15) is 0 Å². The number of nitrogens with zero attached hydrogens (tertiary/aromatic N) is 1. The Labute approximate surface area is 94.2 Å². The minimum Gasteiger partial charge on any atom is -0.327 e. The molecule has 2 aliphatic rings. The van der Waals surface area contributed by atoms with Crippen molar-refractivity contribution in [2.45, 2.75) is 51.5 Å². The maximum atomic E-state index is 6.20. The standard InChI is InChI=1S/C13H26N2/c1-11-6-8-15(9-7-11)10-12-4-2-3-5-13(12)14/h11-13H,2-10,14H2,1H3/t12?,13-/m1/s1. The maximum Gasteiger partial charge on any atom is 0.00793 e. The van der Waals surface area contributed by atoms with Crippen LogP contribution in [0.3, 0.4) is 0 Å². The fourth-order valence-electron chi connectivity index (χ4n) is 3.04. The summed E-state index contributed by atoms with van der Waals surface area (Å²) in [5.41, 5.74) is 6.20. The molecule has 2 N–H and O–H groups in total. The molecular weight excluding hydrogens is 184 g/mol. The molecule has 0 aromatic heterocycles. The van der Waals surface area contributed by atoms with Crippen LogP contribution in [0.4, 0.5) is 0 Å². The highest BCUT2D eigenvalue weighted by atomic mass is 15.1. The molecule has 2 atom stereocenters. The number of likely N-dealkylation sites (tertiary alicyclic amines) is 1. The molecule has 2 heteroatoms. The van der Waals surface area contributed by atoms with Crippen molar-refractivity contribution in [3.8, 4) is 0 Å². The molecular formula is C13H26N2. The van der Waals surface area contributed by atoms with E-state index >= 15 is 0 Å². The van der Waals surface area contributed by atoms with Crippen LogP contribution in [0.2, 0.25) is 0 Å². The van der Waals surface area contributed by atoms with Gasteiger partial charge in [0.2, 0.25) is 0 Å². The Balaban J connectivity index is 1.75. The summed E-state index contributed by atoms with van der Waals surface area (Å²) in [4.78, 5) is 2.65. The molecule has 0 aromatic carbocycles. The number of rotatable bonds is 2. The van der Waals surface area contributed by atoms with Crippen molar-refractivity contribution < 1.29 is 0 Å². The monoisotopic (exact) mass is 210 g/mol. The summed E-state index contributed by atoms with van der Waals surface area (Å²) >= 11 is 0. The second kappa shape index (κ2) is 5.31. The van der Waals surface area contributed by atoms with E-state index in [2.05, 4.69) is 11.8 Å². The fourth-order valence-corrected chi connectivity index (χ4v) is 3.04. The third-order valence-corrected chi connectivity index (χ3v) is 4.34. The van der Waals surface area contributed by atoms with Gasteiger partial charge in [-0.25, -0.2) is 0 Å². The molecule has 88 valence electrons. The first-order chi connectivity index (χ1) is 7.25. The maximum absolute atomic E-state index is 6.20. The number of hydrogen-bond acceptors (Lipinski definition) is 2. The fraction of sp³-hybridized carbons (Fsp3) is 1.00. The first-order valence-electron chi connectivity index (χ1n) is 6.73. The van der Waals surface area contributed by atoms with Crippen molar-refractivity contribution in [2.24, 2.45) is 17.6 Å². The molecule has 0 aromatic rings. The smallest absolute Gasteiger partial charge is 0.00793 e. The first-order valence-corrected chi connectivity index (χ1v) is 6.73. The Morgan fingerprint density at radius 2 is 1.73 bits per heavy atom. The third-order valence-electron chi connectivity index (χ3n) is 4.34. The number of hydrogen-bond donors (Lipinski definition) is 1. The second-order valence-electron chi connectivity index (χ2n) is 5.69. The Morgan fingerprint density at radius 1 is 1.07 bits per heavy atom. The summed E-state index contributed by atoms with van der Waals surface area (Å²) in [5.74, 6) is 1.73. The molecule has 1 aliphatic heterocycles. The van der Waals surface area contributed by atoms with Crippen molar-refractivity contribution >= 4 is 0 Å². The van der Waals surface area contributed by atoms with Crippen molar-refractivity contribution in [3.63, 3.8) is 0 Å². The Bertz CT molecular complexity index is 185. The lowest BCUT2D eigenvalue weighted by molar-refractivity contribution is 0.141. The van der Waals surface area contributed by atoms with Gasteiger partial charge in [-0.15, -0.1) is 0 Å². The van der Waals surface area contributed by atoms with Gasteiger partial charge < -0.3 is 10.6 Å². The van der Waals surface area contributed by atoms with Crippen LogP contribution in [0.15, 0.2) is 0 Å². The van der Waals surface area contributed by atoms with Crippen LogP contribution in [0.1, 0.15) is 45.4 Å². The zero-order valence-corrected chi connectivity index (χ0v) is 10.1. The third kappa shape index (κ3) is 3.18. The molecule has 1 heterocycles. The van der Waals surface area contributed by atoms with Gasteiger partial charge in [0.15, 0.2) is 0 Å². The molecule has 15 heavy (non-hydrogen) atoms. The summed E-state index contributed by atoms with van der Waals surface area (Å²) in [6, 6.07) is 0.484. The zero-order chi connectivity index (χ0) is 10.7. The average molecular weight is 210 g/mol. The minimum absolute atomic E-state index is 0.484. The highest BCUT2D eigenvalue weighted by Gasteiger charge is 2.25. The Hall–Kier alpha value is -0.0800. The molecule has 1 aliphatic carbocycles. The van der Waals surface area contributed by atoms with E-state index in [0.29, 0.717) is 6.04 Å². The van der Waals surface area contributed by atoms with Crippen LogP contribution in [-0.4, -0.2) is 30.6 Å². The van der Waals surface area contributed by atoms with Gasteiger partial charge in [-0.2, -0.15) is 0 Å². The molecule has 1 saturated carbocycles. The van der Waals surface area contributed by atoms with Gasteiger partial charge in [0, 0.05) is 12.6 Å². The topological polar surface area (TPSA) is 29.3 Å². The largest absolute Gasteiger partial charge is 0.327 e. The Morgan fingerprint density at radius 3 is 2.40 bits per heavy atom. The van der Waals surface area contributed by atoms with E-state index in [0.717, 1.165) is 11.8 Å². The van der Waals surface area contributed by atoms with E-state index in [4.69, 9.17) is 5.73 Å². The van der Waals surface area contributed by atoms with E-state index < -0.39 is 0 Å². The van der Waals surface area contributed by atoms with Crippen LogP contribution in [0, 0.1) is 11.8 Å². The van der Waals surface area contributed by atoms with Gasteiger partial charge in [-0.1, -0.05) is 19.8 Å². The van der Waals surface area contributed by atoms with Crippen molar-refractivity contribution in [2.75, 3.05) is 19.6 Å². The van der Waals surface area contributed by atoms with Gasteiger partial charge in [0.25, 0.3) is 0 Å². The molecule has 1 saturated heterocycles. The second-order valence-corrected chi connectivity index (χ2v) is 5.69. The molecule has 1 unspecified atom stereocenters. The highest BCUT2D eigenvalue weighted by molar-refractivity contribution is 4.82. The lowest BCUT2D eigenvalue weighted by atomic mass is 9.84. The van der Waals surface area contributed by atoms with Crippen LogP contribution >= 0.6 is 0 Å². The molecule has 2 rings (SSSR count). The van der Waals surface area contributed by atoms with Crippen molar-refractivity contribution in [3.05, 3.63) is 0 Å². The van der Waals surface area contributed by atoms with Crippen LogP contribution in [-0.2, 0) is 0 Å². The van der Waals surface area contributed by atoms with E-state index in [1.165, 1.54) is 58.2 Å². The predicted octanol–water partition coefficient (Wildman–Crippen LogP) is 2.24. The van der Waals surface area contributed by atoms with E-state index in [9.17, 15) is 0 Å². The summed E-state index contributed by atoms with van der Waals surface area (Å²) in [7, 11) is 0. The zero-order valence-electron chi connectivity index (χ0n) is 10.1. The molecule has 0 radical (unpaired) electrons. The van der Waals surface area contributed by atoms with Crippen LogP contribution in [0.25, 0.3) is 0 Å². The molecule has 0 amide bonds. The normalized spacial score (nSPS) is 35.6. The van der Waals surface area contributed by atoms with E-state index in [-0.39, 0.29) is 0 Å². The van der Waals surface area contributed by atoms with Crippen molar-refractivity contribution in [1.82, 2.24) is 4.90 Å². The first kappa shape index (κ1) is 11.4. The number of nitrogens with two attached hydrogens (primary N) is 1. The minimum atomic E-state index is 0.484. The van der Waals surface area contributed by atoms with Crippen molar-refractivity contribution in [1.29, 1.82) is 0 Å².